The molecule has 1 N–H and O–H groups in total. The van der Waals surface area contributed by atoms with E-state index in [4.69, 9.17) is 0 Å². The second-order valence-electron chi connectivity index (χ2n) is 6.15. The Balaban J connectivity index is 3.08. The van der Waals surface area contributed by atoms with Crippen molar-refractivity contribution in [2.24, 2.45) is 5.41 Å². The van der Waals surface area contributed by atoms with Gasteiger partial charge in [-0.25, -0.2) is 8.42 Å². The van der Waals surface area contributed by atoms with Crippen molar-refractivity contribution in [3.63, 3.8) is 0 Å². The maximum absolute atomic E-state index is 11.8. The average Bonchev–Trinajstić information content (AvgIpc) is 2.09. The Kier molecular flexibility index (Phi) is 3.63. The molecule has 0 aromatic carbocycles. The summed E-state index contributed by atoms with van der Waals surface area (Å²) in [5, 5.41) is 2.61. The molecule has 0 saturated carbocycles. The summed E-state index contributed by atoms with van der Waals surface area (Å²) < 4.78 is 23.5. The van der Waals surface area contributed by atoms with Crippen LogP contribution in [0.15, 0.2) is 0 Å². The van der Waals surface area contributed by atoms with Crippen LogP contribution in [0.1, 0.15) is 47.5 Å². The van der Waals surface area contributed by atoms with E-state index in [0.717, 1.165) is 0 Å². The van der Waals surface area contributed by atoms with Crippen molar-refractivity contribution in [3.8, 4) is 0 Å². The summed E-state index contributed by atoms with van der Waals surface area (Å²) in [6.45, 7) is 9.37. The maximum atomic E-state index is 11.8. The molecule has 17 heavy (non-hydrogen) atoms. The minimum absolute atomic E-state index is 0.0913. The number of carbonyl (C=O) groups excluding carboxylic acids is 1. The number of carbonyl (C=O) groups is 1. The van der Waals surface area contributed by atoms with Gasteiger partial charge in [-0.2, -0.15) is 0 Å². The summed E-state index contributed by atoms with van der Waals surface area (Å²) in [5.41, 5.74) is -0.563. The molecule has 1 heterocycles. The number of rotatable bonds is 1. The van der Waals surface area contributed by atoms with Crippen molar-refractivity contribution in [1.29, 1.82) is 0 Å². The van der Waals surface area contributed by atoms with Crippen LogP contribution < -0.4 is 5.32 Å². The maximum Gasteiger partial charge on any atom is 0.217 e. The van der Waals surface area contributed by atoms with Crippen molar-refractivity contribution in [1.82, 2.24) is 5.32 Å². The van der Waals surface area contributed by atoms with E-state index in [9.17, 15) is 13.2 Å². The van der Waals surface area contributed by atoms with Crippen LogP contribution in [0, 0.1) is 5.41 Å². The third kappa shape index (κ3) is 2.81. The number of amides is 1. The van der Waals surface area contributed by atoms with Crippen LogP contribution in [0.5, 0.6) is 0 Å². The normalized spacial score (nSPS) is 33.1. The van der Waals surface area contributed by atoms with E-state index in [2.05, 4.69) is 5.32 Å². The fourth-order valence-electron chi connectivity index (χ4n) is 2.56. The highest BCUT2D eigenvalue weighted by Gasteiger charge is 2.49. The summed E-state index contributed by atoms with van der Waals surface area (Å²) in [4.78, 5) is 11.4. The molecule has 0 aliphatic carbocycles. The Labute approximate surface area is 104 Å². The van der Waals surface area contributed by atoms with Gasteiger partial charge in [0, 0.05) is 12.5 Å². The molecule has 1 saturated heterocycles. The zero-order chi connectivity index (χ0) is 13.5. The zero-order valence-electron chi connectivity index (χ0n) is 11.3. The standard InChI is InChI=1S/C12H23NO3S/c1-9-8-12(11(3,4)5,13-10(2)14)6-7-17(9,15)16/h9H,6-8H2,1-5H3,(H,13,14). The van der Waals surface area contributed by atoms with Crippen LogP contribution in [0.4, 0.5) is 0 Å². The van der Waals surface area contributed by atoms with Crippen molar-refractivity contribution in [2.45, 2.75) is 58.2 Å². The average molecular weight is 261 g/mol. The Morgan fingerprint density at radius 3 is 2.24 bits per heavy atom. The van der Waals surface area contributed by atoms with E-state index >= 15 is 0 Å². The van der Waals surface area contributed by atoms with Gasteiger partial charge in [0.15, 0.2) is 9.84 Å². The predicted molar refractivity (Wildman–Crippen MR) is 68.5 cm³/mol. The minimum Gasteiger partial charge on any atom is -0.350 e. The second-order valence-corrected chi connectivity index (χ2v) is 8.68. The van der Waals surface area contributed by atoms with Gasteiger partial charge in [-0.05, 0) is 25.2 Å². The van der Waals surface area contributed by atoms with E-state index in [1.807, 2.05) is 20.8 Å². The molecule has 4 nitrogen and oxygen atoms in total. The highest BCUT2D eigenvalue weighted by Crippen LogP contribution is 2.41. The molecule has 1 aliphatic heterocycles. The first-order valence-electron chi connectivity index (χ1n) is 6.00. The summed E-state index contributed by atoms with van der Waals surface area (Å²) in [6, 6.07) is 0. The Morgan fingerprint density at radius 1 is 1.35 bits per heavy atom. The van der Waals surface area contributed by atoms with Crippen molar-refractivity contribution >= 4 is 15.7 Å². The zero-order valence-corrected chi connectivity index (χ0v) is 12.1. The number of sulfone groups is 1. The molecule has 1 fully saturated rings. The molecule has 1 aliphatic rings. The number of nitrogens with one attached hydrogen (secondary N) is 1. The van der Waals surface area contributed by atoms with Crippen molar-refractivity contribution in [3.05, 3.63) is 0 Å². The van der Waals surface area contributed by atoms with Gasteiger partial charge in [0.1, 0.15) is 0 Å². The van der Waals surface area contributed by atoms with Crippen molar-refractivity contribution < 1.29 is 13.2 Å². The number of hydrogen-bond acceptors (Lipinski definition) is 3. The van der Waals surface area contributed by atoms with Gasteiger partial charge in [0.05, 0.1) is 11.0 Å². The monoisotopic (exact) mass is 261 g/mol. The molecular weight excluding hydrogens is 238 g/mol. The predicted octanol–water partition coefficient (Wildman–Crippen LogP) is 1.50. The van der Waals surface area contributed by atoms with Crippen LogP contribution >= 0.6 is 0 Å². The molecule has 0 radical (unpaired) electrons. The quantitative estimate of drug-likeness (QED) is 0.778. The lowest BCUT2D eigenvalue weighted by atomic mass is 9.69. The summed E-state index contributed by atoms with van der Waals surface area (Å²) in [7, 11) is -2.98. The minimum atomic E-state index is -2.98. The third-order valence-corrected chi connectivity index (χ3v) is 6.08. The Morgan fingerprint density at radius 2 is 1.88 bits per heavy atom. The van der Waals surface area contributed by atoms with Crippen LogP contribution in [-0.4, -0.2) is 30.9 Å². The van der Waals surface area contributed by atoms with Gasteiger partial charge < -0.3 is 5.32 Å². The van der Waals surface area contributed by atoms with Gasteiger partial charge in [-0.1, -0.05) is 20.8 Å². The van der Waals surface area contributed by atoms with Gasteiger partial charge in [-0.15, -0.1) is 0 Å². The van der Waals surface area contributed by atoms with E-state index in [0.29, 0.717) is 12.8 Å². The lowest BCUT2D eigenvalue weighted by Crippen LogP contribution is -2.61. The highest BCUT2D eigenvalue weighted by atomic mass is 32.2. The summed E-state index contributed by atoms with van der Waals surface area (Å²) >= 11 is 0. The van der Waals surface area contributed by atoms with E-state index in [-0.39, 0.29) is 22.3 Å². The smallest absolute Gasteiger partial charge is 0.217 e. The molecular formula is C12H23NO3S. The first-order valence-corrected chi connectivity index (χ1v) is 7.72. The molecule has 0 bridgehead atoms. The molecule has 0 spiro atoms. The Bertz CT molecular complexity index is 408. The van der Waals surface area contributed by atoms with Crippen molar-refractivity contribution in [2.75, 3.05) is 5.75 Å². The first kappa shape index (κ1) is 14.5. The summed E-state index contributed by atoms with van der Waals surface area (Å²) in [5.74, 6) is 0.0672. The fourth-order valence-corrected chi connectivity index (χ4v) is 4.13. The van der Waals surface area contributed by atoms with Crippen LogP contribution in [-0.2, 0) is 14.6 Å². The molecule has 2 atom stereocenters. The lowest BCUT2D eigenvalue weighted by Gasteiger charge is -2.49. The molecule has 1 rings (SSSR count). The highest BCUT2D eigenvalue weighted by molar-refractivity contribution is 7.92. The van der Waals surface area contributed by atoms with Gasteiger partial charge in [0.25, 0.3) is 0 Å². The van der Waals surface area contributed by atoms with E-state index in [1.165, 1.54) is 6.92 Å². The molecule has 2 unspecified atom stereocenters. The summed E-state index contributed by atoms with van der Waals surface area (Å²) in [6.07, 6.45) is 1.00. The van der Waals surface area contributed by atoms with E-state index < -0.39 is 15.4 Å². The SMILES string of the molecule is CC(=O)NC1(C(C)(C)C)CCS(=O)(=O)C(C)C1. The van der Waals surface area contributed by atoms with E-state index in [1.54, 1.807) is 6.92 Å². The molecule has 0 aromatic rings. The first-order chi connectivity index (χ1) is 7.50. The molecule has 5 heteroatoms. The second kappa shape index (κ2) is 4.26. The van der Waals surface area contributed by atoms with Crippen LogP contribution in [0.25, 0.3) is 0 Å². The topological polar surface area (TPSA) is 63.2 Å². The number of hydrogen-bond donors (Lipinski definition) is 1. The lowest BCUT2D eigenvalue weighted by molar-refractivity contribution is -0.122. The largest absolute Gasteiger partial charge is 0.350 e. The molecule has 100 valence electrons. The fraction of sp³-hybridized carbons (Fsp3) is 0.917. The molecule has 0 aromatic heterocycles. The molecule has 1 amide bonds. The van der Waals surface area contributed by atoms with Crippen LogP contribution in [0.2, 0.25) is 0 Å². The van der Waals surface area contributed by atoms with Gasteiger partial charge in [0.2, 0.25) is 5.91 Å². The van der Waals surface area contributed by atoms with Crippen LogP contribution in [0.3, 0.4) is 0 Å². The Hall–Kier alpha value is -0.580. The third-order valence-electron chi connectivity index (χ3n) is 3.91. The van der Waals surface area contributed by atoms with Gasteiger partial charge in [-0.3, -0.25) is 4.79 Å². The van der Waals surface area contributed by atoms with Gasteiger partial charge >= 0.3 is 0 Å².